The van der Waals surface area contributed by atoms with Crippen LogP contribution in [0.25, 0.3) is 11.4 Å². The summed E-state index contributed by atoms with van der Waals surface area (Å²) in [5.41, 5.74) is 0.862. The van der Waals surface area contributed by atoms with Gasteiger partial charge in [-0.3, -0.25) is 14.3 Å². The van der Waals surface area contributed by atoms with E-state index in [2.05, 4.69) is 15.2 Å². The van der Waals surface area contributed by atoms with E-state index in [1.807, 2.05) is 47.6 Å². The SMILES string of the molecule is CC1CN(C(=O)CSc2nnc(-c3cccnc3)n2Cc2ccco2)CC(C)O1. The zero-order valence-corrected chi connectivity index (χ0v) is 17.2. The van der Waals surface area contributed by atoms with E-state index in [0.717, 1.165) is 11.3 Å². The predicted octanol–water partition coefficient (Wildman–Crippen LogP) is 2.71. The van der Waals surface area contributed by atoms with E-state index in [1.165, 1.54) is 11.8 Å². The maximum absolute atomic E-state index is 12.7. The number of hydrogen-bond donors (Lipinski definition) is 0. The van der Waals surface area contributed by atoms with Gasteiger partial charge in [-0.05, 0) is 38.1 Å². The Morgan fingerprint density at radius 3 is 2.72 bits per heavy atom. The highest BCUT2D eigenvalue weighted by molar-refractivity contribution is 7.99. The van der Waals surface area contributed by atoms with Crippen molar-refractivity contribution < 1.29 is 13.9 Å². The summed E-state index contributed by atoms with van der Waals surface area (Å²) in [5.74, 6) is 1.85. The fraction of sp³-hybridized carbons (Fsp3) is 0.400. The fourth-order valence-corrected chi connectivity index (χ4v) is 4.24. The van der Waals surface area contributed by atoms with Gasteiger partial charge >= 0.3 is 0 Å². The molecule has 2 unspecified atom stereocenters. The van der Waals surface area contributed by atoms with Crippen LogP contribution in [0.15, 0.2) is 52.5 Å². The largest absolute Gasteiger partial charge is 0.467 e. The zero-order chi connectivity index (χ0) is 20.2. The summed E-state index contributed by atoms with van der Waals surface area (Å²) < 4.78 is 13.2. The first-order valence-corrected chi connectivity index (χ1v) is 10.5. The van der Waals surface area contributed by atoms with Crippen LogP contribution in [0.1, 0.15) is 19.6 Å². The van der Waals surface area contributed by atoms with Crippen LogP contribution in [0, 0.1) is 0 Å². The summed E-state index contributed by atoms with van der Waals surface area (Å²) in [5, 5.41) is 9.35. The summed E-state index contributed by atoms with van der Waals surface area (Å²) in [6.45, 7) is 5.69. The Morgan fingerprint density at radius 2 is 2.03 bits per heavy atom. The maximum Gasteiger partial charge on any atom is 0.233 e. The third-order valence-corrected chi connectivity index (χ3v) is 5.58. The molecule has 9 heteroatoms. The molecule has 152 valence electrons. The predicted molar refractivity (Wildman–Crippen MR) is 108 cm³/mol. The van der Waals surface area contributed by atoms with Gasteiger partial charge in [-0.1, -0.05) is 11.8 Å². The molecule has 0 spiro atoms. The maximum atomic E-state index is 12.7. The quantitative estimate of drug-likeness (QED) is 0.574. The Kier molecular flexibility index (Phi) is 5.96. The summed E-state index contributed by atoms with van der Waals surface area (Å²) in [6, 6.07) is 7.55. The first-order valence-electron chi connectivity index (χ1n) is 9.52. The number of carbonyl (C=O) groups excluding carboxylic acids is 1. The molecule has 3 aromatic rings. The monoisotopic (exact) mass is 413 g/mol. The molecule has 0 radical (unpaired) electrons. The van der Waals surface area contributed by atoms with Crippen molar-refractivity contribution in [3.63, 3.8) is 0 Å². The summed E-state index contributed by atoms with van der Waals surface area (Å²) in [4.78, 5) is 18.8. The van der Waals surface area contributed by atoms with Crippen LogP contribution < -0.4 is 0 Å². The third kappa shape index (κ3) is 4.68. The summed E-state index contributed by atoms with van der Waals surface area (Å²) >= 11 is 1.38. The highest BCUT2D eigenvalue weighted by atomic mass is 32.2. The van der Waals surface area contributed by atoms with E-state index in [-0.39, 0.29) is 18.1 Å². The van der Waals surface area contributed by atoms with Crippen LogP contribution in [0.5, 0.6) is 0 Å². The minimum Gasteiger partial charge on any atom is -0.467 e. The van der Waals surface area contributed by atoms with Gasteiger partial charge in [0.05, 0.1) is 30.8 Å². The molecular formula is C20H23N5O3S. The molecule has 1 saturated heterocycles. The van der Waals surface area contributed by atoms with Crippen molar-refractivity contribution in [3.05, 3.63) is 48.7 Å². The highest BCUT2D eigenvalue weighted by Crippen LogP contribution is 2.25. The molecule has 3 aromatic heterocycles. The van der Waals surface area contributed by atoms with Crippen molar-refractivity contribution in [2.24, 2.45) is 0 Å². The van der Waals surface area contributed by atoms with E-state index < -0.39 is 0 Å². The lowest BCUT2D eigenvalue weighted by molar-refractivity contribution is -0.140. The number of nitrogens with zero attached hydrogens (tertiary/aromatic N) is 5. The molecular weight excluding hydrogens is 390 g/mol. The standard InChI is InChI=1S/C20H23N5O3S/c1-14-10-24(11-15(2)28-14)18(26)13-29-20-23-22-19(16-5-3-7-21-9-16)25(20)12-17-6-4-8-27-17/h3-9,14-15H,10-13H2,1-2H3. The third-order valence-electron chi connectivity index (χ3n) is 4.63. The minimum atomic E-state index is 0.0486. The van der Waals surface area contributed by atoms with E-state index in [0.29, 0.717) is 36.4 Å². The zero-order valence-electron chi connectivity index (χ0n) is 16.4. The Balaban J connectivity index is 1.52. The number of carbonyl (C=O) groups is 1. The molecule has 0 saturated carbocycles. The molecule has 0 N–H and O–H groups in total. The lowest BCUT2D eigenvalue weighted by atomic mass is 10.2. The van der Waals surface area contributed by atoms with Gasteiger partial charge in [-0.2, -0.15) is 0 Å². The summed E-state index contributed by atoms with van der Waals surface area (Å²) in [7, 11) is 0. The van der Waals surface area contributed by atoms with Gasteiger partial charge in [-0.25, -0.2) is 0 Å². The van der Waals surface area contributed by atoms with Crippen LogP contribution in [0.3, 0.4) is 0 Å². The number of pyridine rings is 1. The lowest BCUT2D eigenvalue weighted by Crippen LogP contribution is -2.48. The van der Waals surface area contributed by atoms with Crippen LogP contribution in [-0.4, -0.2) is 61.6 Å². The number of ether oxygens (including phenoxy) is 1. The van der Waals surface area contributed by atoms with Crippen molar-refractivity contribution in [3.8, 4) is 11.4 Å². The van der Waals surface area contributed by atoms with Crippen molar-refractivity contribution in [1.82, 2.24) is 24.6 Å². The van der Waals surface area contributed by atoms with Crippen molar-refractivity contribution in [2.75, 3.05) is 18.8 Å². The van der Waals surface area contributed by atoms with Crippen LogP contribution in [-0.2, 0) is 16.1 Å². The Labute approximate surface area is 173 Å². The molecule has 2 atom stereocenters. The molecule has 8 nitrogen and oxygen atoms in total. The van der Waals surface area contributed by atoms with Crippen molar-refractivity contribution in [2.45, 2.75) is 37.8 Å². The fourth-order valence-electron chi connectivity index (χ4n) is 3.40. The number of hydrogen-bond acceptors (Lipinski definition) is 7. The van der Waals surface area contributed by atoms with Crippen molar-refractivity contribution >= 4 is 17.7 Å². The van der Waals surface area contributed by atoms with Gasteiger partial charge in [0.1, 0.15) is 5.76 Å². The number of rotatable bonds is 6. The van der Waals surface area contributed by atoms with Gasteiger partial charge in [-0.15, -0.1) is 10.2 Å². The molecule has 1 aliphatic rings. The second kappa shape index (κ2) is 8.79. The first-order chi connectivity index (χ1) is 14.1. The Morgan fingerprint density at radius 1 is 1.21 bits per heavy atom. The molecule has 1 amide bonds. The Bertz CT molecular complexity index is 934. The Hall–Kier alpha value is -2.65. The highest BCUT2D eigenvalue weighted by Gasteiger charge is 2.26. The number of amides is 1. The van der Waals surface area contributed by atoms with Gasteiger partial charge in [0.25, 0.3) is 0 Å². The van der Waals surface area contributed by atoms with Gasteiger partial charge in [0.2, 0.25) is 5.91 Å². The van der Waals surface area contributed by atoms with Crippen molar-refractivity contribution in [1.29, 1.82) is 0 Å². The first kappa shape index (κ1) is 19.7. The molecule has 0 aliphatic carbocycles. The molecule has 4 heterocycles. The molecule has 4 rings (SSSR count). The normalized spacial score (nSPS) is 19.4. The smallest absolute Gasteiger partial charge is 0.233 e. The van der Waals surface area contributed by atoms with Gasteiger partial charge < -0.3 is 14.1 Å². The lowest BCUT2D eigenvalue weighted by Gasteiger charge is -2.35. The van der Waals surface area contributed by atoms with E-state index in [4.69, 9.17) is 9.15 Å². The topological polar surface area (TPSA) is 86.3 Å². The second-order valence-electron chi connectivity index (χ2n) is 7.06. The molecule has 1 fully saturated rings. The molecule has 0 aromatic carbocycles. The molecule has 0 bridgehead atoms. The van der Waals surface area contributed by atoms with Crippen LogP contribution >= 0.6 is 11.8 Å². The number of morpholine rings is 1. The van der Waals surface area contributed by atoms with Crippen LogP contribution in [0.4, 0.5) is 0 Å². The number of aromatic nitrogens is 4. The number of thioether (sulfide) groups is 1. The van der Waals surface area contributed by atoms with Crippen LogP contribution in [0.2, 0.25) is 0 Å². The molecule has 1 aliphatic heterocycles. The van der Waals surface area contributed by atoms with E-state index in [9.17, 15) is 4.79 Å². The average Bonchev–Trinajstić information content (AvgIpc) is 3.36. The minimum absolute atomic E-state index is 0.0486. The van der Waals surface area contributed by atoms with Gasteiger partial charge in [0, 0.05) is 31.0 Å². The van der Waals surface area contributed by atoms with E-state index >= 15 is 0 Å². The van der Waals surface area contributed by atoms with E-state index in [1.54, 1.807) is 18.7 Å². The van der Waals surface area contributed by atoms with Gasteiger partial charge in [0.15, 0.2) is 11.0 Å². The second-order valence-corrected chi connectivity index (χ2v) is 8.00. The number of furan rings is 1. The average molecular weight is 414 g/mol. The summed E-state index contributed by atoms with van der Waals surface area (Å²) in [6.07, 6.45) is 5.20. The molecule has 29 heavy (non-hydrogen) atoms.